The minimum absolute atomic E-state index is 0.0712. The van der Waals surface area contributed by atoms with Crippen LogP contribution in [0.5, 0.6) is 0 Å². The highest BCUT2D eigenvalue weighted by Crippen LogP contribution is 2.24. The molecule has 0 unspecified atom stereocenters. The van der Waals surface area contributed by atoms with Crippen molar-refractivity contribution >= 4 is 27.5 Å². The average Bonchev–Trinajstić information content (AvgIpc) is 3.06. The van der Waals surface area contributed by atoms with Crippen molar-refractivity contribution in [1.82, 2.24) is 10.2 Å². The molecule has 2 aromatic carbocycles. The first-order valence-corrected chi connectivity index (χ1v) is 7.82. The van der Waals surface area contributed by atoms with Crippen LogP contribution in [0, 0.1) is 6.92 Å². The fraction of sp³-hybridized carbons (Fsp3) is 0.118. The van der Waals surface area contributed by atoms with Crippen LogP contribution < -0.4 is 5.32 Å². The minimum Gasteiger partial charge on any atom is -0.423 e. The number of hydrogen-bond donors (Lipinski definition) is 1. The van der Waals surface area contributed by atoms with Crippen LogP contribution >= 0.6 is 15.9 Å². The zero-order valence-electron chi connectivity index (χ0n) is 12.4. The average molecular weight is 372 g/mol. The lowest BCUT2D eigenvalue weighted by Crippen LogP contribution is -2.15. The zero-order valence-corrected chi connectivity index (χ0v) is 14.0. The molecular formula is C17H14BrN3O2. The smallest absolute Gasteiger partial charge is 0.247 e. The van der Waals surface area contributed by atoms with Crippen molar-refractivity contribution in [2.24, 2.45) is 0 Å². The van der Waals surface area contributed by atoms with E-state index in [0.717, 1.165) is 26.9 Å². The second-order valence-electron chi connectivity index (χ2n) is 5.13. The van der Waals surface area contributed by atoms with E-state index in [1.807, 2.05) is 49.4 Å². The van der Waals surface area contributed by atoms with Crippen molar-refractivity contribution in [2.75, 3.05) is 5.32 Å². The molecule has 5 nitrogen and oxygen atoms in total. The van der Waals surface area contributed by atoms with Gasteiger partial charge in [-0.2, -0.15) is 0 Å². The van der Waals surface area contributed by atoms with Crippen LogP contribution in [0.4, 0.5) is 5.69 Å². The zero-order chi connectivity index (χ0) is 16.2. The van der Waals surface area contributed by atoms with Gasteiger partial charge in [-0.3, -0.25) is 4.79 Å². The van der Waals surface area contributed by atoms with Crippen molar-refractivity contribution in [1.29, 1.82) is 0 Å². The standard InChI is InChI=1S/C17H14BrN3O2/c1-11-2-5-13(17-21-19-10-23-17)9-15(11)20-16(22)8-12-3-6-14(18)7-4-12/h2-7,9-10H,8H2,1H3,(H,20,22). The molecule has 0 saturated carbocycles. The van der Waals surface area contributed by atoms with Crippen LogP contribution in [0.25, 0.3) is 11.5 Å². The van der Waals surface area contributed by atoms with Crippen LogP contribution in [-0.4, -0.2) is 16.1 Å². The molecule has 0 aliphatic heterocycles. The highest BCUT2D eigenvalue weighted by Gasteiger charge is 2.10. The van der Waals surface area contributed by atoms with Crippen LogP contribution in [-0.2, 0) is 11.2 Å². The van der Waals surface area contributed by atoms with E-state index in [9.17, 15) is 4.79 Å². The van der Waals surface area contributed by atoms with Gasteiger partial charge in [0.2, 0.25) is 18.2 Å². The summed E-state index contributed by atoms with van der Waals surface area (Å²) in [6.45, 7) is 1.94. The SMILES string of the molecule is Cc1ccc(-c2nnco2)cc1NC(=O)Cc1ccc(Br)cc1. The van der Waals surface area contributed by atoms with E-state index in [0.29, 0.717) is 12.3 Å². The molecule has 23 heavy (non-hydrogen) atoms. The van der Waals surface area contributed by atoms with E-state index in [1.165, 1.54) is 6.39 Å². The van der Waals surface area contributed by atoms with E-state index in [4.69, 9.17) is 4.42 Å². The van der Waals surface area contributed by atoms with Gasteiger partial charge in [0.1, 0.15) is 0 Å². The number of amides is 1. The summed E-state index contributed by atoms with van der Waals surface area (Å²) >= 11 is 3.38. The van der Waals surface area contributed by atoms with Gasteiger partial charge in [0.15, 0.2) is 0 Å². The van der Waals surface area contributed by atoms with Gasteiger partial charge in [-0.15, -0.1) is 10.2 Å². The molecule has 116 valence electrons. The van der Waals surface area contributed by atoms with Crippen molar-refractivity contribution in [3.8, 4) is 11.5 Å². The fourth-order valence-electron chi connectivity index (χ4n) is 2.17. The van der Waals surface area contributed by atoms with Gasteiger partial charge >= 0.3 is 0 Å². The topological polar surface area (TPSA) is 68.0 Å². The van der Waals surface area contributed by atoms with Crippen molar-refractivity contribution in [3.63, 3.8) is 0 Å². The number of hydrogen-bond acceptors (Lipinski definition) is 4. The number of benzene rings is 2. The normalized spacial score (nSPS) is 10.5. The molecular weight excluding hydrogens is 358 g/mol. The third kappa shape index (κ3) is 3.84. The molecule has 0 aliphatic carbocycles. The number of aryl methyl sites for hydroxylation is 1. The molecule has 0 atom stereocenters. The van der Waals surface area contributed by atoms with Crippen molar-refractivity contribution in [3.05, 3.63) is 64.5 Å². The molecule has 6 heteroatoms. The van der Waals surface area contributed by atoms with Gasteiger partial charge < -0.3 is 9.73 Å². The Labute approximate surface area is 141 Å². The van der Waals surface area contributed by atoms with Gasteiger partial charge in [-0.25, -0.2) is 0 Å². The highest BCUT2D eigenvalue weighted by molar-refractivity contribution is 9.10. The molecule has 0 bridgehead atoms. The van der Waals surface area contributed by atoms with Crippen LogP contribution in [0.15, 0.2) is 57.7 Å². The Morgan fingerprint density at radius 2 is 2.00 bits per heavy atom. The molecule has 0 spiro atoms. The number of nitrogens with zero attached hydrogens (tertiary/aromatic N) is 2. The maximum absolute atomic E-state index is 12.2. The largest absolute Gasteiger partial charge is 0.423 e. The Hall–Kier alpha value is -2.47. The minimum atomic E-state index is -0.0712. The number of rotatable bonds is 4. The van der Waals surface area contributed by atoms with Crippen LogP contribution in [0.2, 0.25) is 0 Å². The van der Waals surface area contributed by atoms with Gasteiger partial charge in [0, 0.05) is 15.7 Å². The van der Waals surface area contributed by atoms with E-state index < -0.39 is 0 Å². The summed E-state index contributed by atoms with van der Waals surface area (Å²) in [6.07, 6.45) is 1.60. The van der Waals surface area contributed by atoms with Gasteiger partial charge in [0.25, 0.3) is 0 Å². The van der Waals surface area contributed by atoms with Crippen molar-refractivity contribution < 1.29 is 9.21 Å². The Bertz CT molecular complexity index is 814. The molecule has 1 N–H and O–H groups in total. The number of carbonyl (C=O) groups is 1. The number of carbonyl (C=O) groups excluding carboxylic acids is 1. The highest BCUT2D eigenvalue weighted by atomic mass is 79.9. The fourth-order valence-corrected chi connectivity index (χ4v) is 2.43. The number of nitrogens with one attached hydrogen (secondary N) is 1. The first-order valence-electron chi connectivity index (χ1n) is 7.03. The Morgan fingerprint density at radius 1 is 1.22 bits per heavy atom. The first-order chi connectivity index (χ1) is 11.1. The summed E-state index contributed by atoms with van der Waals surface area (Å²) < 4.78 is 6.18. The summed E-state index contributed by atoms with van der Waals surface area (Å²) in [7, 11) is 0. The monoisotopic (exact) mass is 371 g/mol. The lowest BCUT2D eigenvalue weighted by molar-refractivity contribution is -0.115. The molecule has 3 aromatic rings. The summed E-state index contributed by atoms with van der Waals surface area (Å²) in [4.78, 5) is 12.2. The second-order valence-corrected chi connectivity index (χ2v) is 6.04. The summed E-state index contributed by atoms with van der Waals surface area (Å²) in [6, 6.07) is 13.3. The molecule has 3 rings (SSSR count). The van der Waals surface area contributed by atoms with Gasteiger partial charge in [0.05, 0.1) is 6.42 Å². The van der Waals surface area contributed by atoms with E-state index in [1.54, 1.807) is 0 Å². The molecule has 1 amide bonds. The number of aromatic nitrogens is 2. The lowest BCUT2D eigenvalue weighted by Gasteiger charge is -2.09. The van der Waals surface area contributed by atoms with Crippen LogP contribution in [0.3, 0.4) is 0 Å². The number of anilines is 1. The quantitative estimate of drug-likeness (QED) is 0.752. The third-order valence-electron chi connectivity index (χ3n) is 3.40. The maximum Gasteiger partial charge on any atom is 0.247 e. The second kappa shape index (κ2) is 6.75. The van der Waals surface area contributed by atoms with Crippen molar-refractivity contribution in [2.45, 2.75) is 13.3 Å². The summed E-state index contributed by atoms with van der Waals surface area (Å²) in [5.74, 6) is 0.353. The molecule has 0 fully saturated rings. The van der Waals surface area contributed by atoms with E-state index in [2.05, 4.69) is 31.4 Å². The predicted octanol–water partition coefficient (Wildman–Crippen LogP) is 3.99. The molecule has 0 radical (unpaired) electrons. The predicted molar refractivity (Wildman–Crippen MR) is 90.9 cm³/mol. The molecule has 1 aromatic heterocycles. The molecule has 0 aliphatic rings. The Morgan fingerprint density at radius 3 is 2.70 bits per heavy atom. The van der Waals surface area contributed by atoms with Gasteiger partial charge in [-0.05, 0) is 42.3 Å². The number of halogens is 1. The Balaban J connectivity index is 1.75. The maximum atomic E-state index is 12.2. The molecule has 0 saturated heterocycles. The van der Waals surface area contributed by atoms with E-state index in [-0.39, 0.29) is 5.91 Å². The lowest BCUT2D eigenvalue weighted by atomic mass is 10.1. The molecule has 1 heterocycles. The summed E-state index contributed by atoms with van der Waals surface area (Å²) in [5.41, 5.74) is 3.43. The third-order valence-corrected chi connectivity index (χ3v) is 3.93. The first kappa shape index (κ1) is 15.4. The van der Waals surface area contributed by atoms with Crippen LogP contribution in [0.1, 0.15) is 11.1 Å². The Kier molecular flexibility index (Phi) is 4.52. The van der Waals surface area contributed by atoms with Gasteiger partial charge in [-0.1, -0.05) is 34.1 Å². The summed E-state index contributed by atoms with van der Waals surface area (Å²) in [5, 5.41) is 10.5. The van der Waals surface area contributed by atoms with E-state index >= 15 is 0 Å².